The lowest BCUT2D eigenvalue weighted by Crippen LogP contribution is -2.43. The molecule has 270 valence electrons. The highest BCUT2D eigenvalue weighted by Crippen LogP contribution is 2.46. The van der Waals surface area contributed by atoms with Gasteiger partial charge in [-0.3, -0.25) is 9.48 Å². The van der Waals surface area contributed by atoms with Crippen LogP contribution in [0, 0.1) is 27.7 Å². The minimum atomic E-state index is -0.473. The Bertz CT molecular complexity index is 2430. The van der Waals surface area contributed by atoms with Crippen molar-refractivity contribution in [2.24, 2.45) is 14.1 Å². The number of amides is 1. The van der Waals surface area contributed by atoms with Gasteiger partial charge < -0.3 is 29.2 Å². The van der Waals surface area contributed by atoms with E-state index in [1.807, 2.05) is 75.3 Å². The van der Waals surface area contributed by atoms with Crippen LogP contribution in [0.2, 0.25) is 10.0 Å². The summed E-state index contributed by atoms with van der Waals surface area (Å²) in [5, 5.41) is 7.62. The van der Waals surface area contributed by atoms with Gasteiger partial charge in [-0.1, -0.05) is 29.3 Å². The summed E-state index contributed by atoms with van der Waals surface area (Å²) in [7, 11) is 5.13. The zero-order valence-corrected chi connectivity index (χ0v) is 32.2. The monoisotopic (exact) mass is 740 g/mol. The molecule has 0 aliphatic carbocycles. The number of hydrogen-bond donors (Lipinski definition) is 1. The Morgan fingerprint density at radius 1 is 1.00 bits per heavy atom. The van der Waals surface area contributed by atoms with Crippen molar-refractivity contribution in [3.63, 3.8) is 0 Å². The number of nitrogens with zero attached hydrogens (tertiary/aromatic N) is 5. The van der Waals surface area contributed by atoms with Crippen LogP contribution < -0.4 is 15.4 Å². The Labute approximate surface area is 312 Å². The van der Waals surface area contributed by atoms with E-state index in [9.17, 15) is 4.79 Å². The van der Waals surface area contributed by atoms with Crippen LogP contribution in [0.1, 0.15) is 68.3 Å². The van der Waals surface area contributed by atoms with Crippen LogP contribution in [0.4, 0.5) is 11.4 Å². The normalized spacial score (nSPS) is 14.5. The third kappa shape index (κ3) is 5.60. The van der Waals surface area contributed by atoms with Gasteiger partial charge in [-0.05, 0) is 94.5 Å². The molecule has 1 aliphatic rings. The number of esters is 1. The number of carbonyl (C=O) groups is 2. The van der Waals surface area contributed by atoms with Crippen molar-refractivity contribution >= 4 is 68.3 Å². The van der Waals surface area contributed by atoms with Crippen LogP contribution >= 0.6 is 23.2 Å². The molecular weight excluding hydrogens is 699 g/mol. The fraction of sp³-hybridized carbons (Fsp3) is 0.325. The number of carbonyl (C=O) groups excluding carboxylic acids is 2. The van der Waals surface area contributed by atoms with Crippen LogP contribution in [0.5, 0.6) is 5.75 Å². The SMILES string of the molecule is COC(=O)c1cn(C)c2c(N3C[C@@H](C)n4c(c(CCCOc5cc(C)c(Cl)c(C)c5)c5ccc(Cl)c(-c6c(C)nn(C)c6C)c54)C3=O)cc(N)cc12. The van der Waals surface area contributed by atoms with E-state index >= 15 is 4.79 Å². The number of rotatable bonds is 8. The zero-order chi connectivity index (χ0) is 37.3. The molecule has 1 atom stereocenters. The first-order valence-corrected chi connectivity index (χ1v) is 18.0. The molecule has 0 bridgehead atoms. The smallest absolute Gasteiger partial charge is 0.340 e. The first-order valence-electron chi connectivity index (χ1n) is 17.3. The highest BCUT2D eigenvalue weighted by molar-refractivity contribution is 6.35. The topological polar surface area (TPSA) is 110 Å². The largest absolute Gasteiger partial charge is 0.494 e. The molecule has 3 aromatic carbocycles. The summed E-state index contributed by atoms with van der Waals surface area (Å²) in [6, 6.07) is 11.2. The standard InChI is InChI=1S/C40H42Cl2N6O4/c1-20-14-26(15-21(2)35(20)42)52-13-9-10-27-28-11-12-31(41)34(33-23(4)44-46(7)24(33)5)37(28)48-22(3)18-47(39(49)38(27)48)32-17-25(43)16-29-30(40(50)51-8)19-45(6)36(29)32/h11-12,14-17,19,22H,9-10,13,18,43H2,1-8H3/t22-/m1/s1. The lowest BCUT2D eigenvalue weighted by atomic mass is 9.98. The quantitative estimate of drug-likeness (QED) is 0.0950. The van der Waals surface area contributed by atoms with Gasteiger partial charge in [0.25, 0.3) is 5.91 Å². The fourth-order valence-electron chi connectivity index (χ4n) is 7.96. The summed E-state index contributed by atoms with van der Waals surface area (Å²) in [5.41, 5.74) is 16.6. The van der Waals surface area contributed by atoms with Gasteiger partial charge in [0, 0.05) is 71.2 Å². The number of aromatic nitrogens is 4. The van der Waals surface area contributed by atoms with Gasteiger partial charge in [0.1, 0.15) is 11.4 Å². The average Bonchev–Trinajstić information content (AvgIpc) is 3.70. The van der Waals surface area contributed by atoms with Crippen molar-refractivity contribution < 1.29 is 19.1 Å². The summed E-state index contributed by atoms with van der Waals surface area (Å²) >= 11 is 13.5. The molecule has 6 aromatic rings. The van der Waals surface area contributed by atoms with Gasteiger partial charge in [-0.25, -0.2) is 4.79 Å². The van der Waals surface area contributed by atoms with E-state index in [-0.39, 0.29) is 11.9 Å². The van der Waals surface area contributed by atoms with Gasteiger partial charge >= 0.3 is 5.97 Å². The fourth-order valence-corrected chi connectivity index (χ4v) is 8.32. The molecule has 7 rings (SSSR count). The maximum Gasteiger partial charge on any atom is 0.340 e. The number of nitrogen functional groups attached to an aromatic ring is 1. The lowest BCUT2D eigenvalue weighted by Gasteiger charge is -2.35. The summed E-state index contributed by atoms with van der Waals surface area (Å²) in [6.45, 7) is 10.9. The number of anilines is 2. The maximum atomic E-state index is 15.1. The van der Waals surface area contributed by atoms with E-state index in [0.717, 1.165) is 60.9 Å². The van der Waals surface area contributed by atoms with Crippen LogP contribution in [0.25, 0.3) is 32.9 Å². The predicted molar refractivity (Wildman–Crippen MR) is 208 cm³/mol. The van der Waals surface area contributed by atoms with E-state index in [0.29, 0.717) is 64.6 Å². The predicted octanol–water partition coefficient (Wildman–Crippen LogP) is 8.68. The van der Waals surface area contributed by atoms with Crippen molar-refractivity contribution in [2.45, 2.75) is 53.5 Å². The second-order valence-electron chi connectivity index (χ2n) is 13.9. The van der Waals surface area contributed by atoms with Crippen molar-refractivity contribution in [3.8, 4) is 16.9 Å². The molecule has 0 unspecified atom stereocenters. The molecule has 10 nitrogen and oxygen atoms in total. The molecule has 0 fully saturated rings. The number of halogens is 2. The number of benzene rings is 3. The Balaban J connectivity index is 1.39. The minimum Gasteiger partial charge on any atom is -0.494 e. The van der Waals surface area contributed by atoms with Crippen LogP contribution in [0.15, 0.2) is 42.6 Å². The summed E-state index contributed by atoms with van der Waals surface area (Å²) in [5.74, 6) is 0.123. The van der Waals surface area contributed by atoms with Crippen LogP contribution in [-0.2, 0) is 25.3 Å². The molecule has 4 heterocycles. The zero-order valence-electron chi connectivity index (χ0n) is 30.6. The molecule has 0 saturated carbocycles. The van der Waals surface area contributed by atoms with Crippen molar-refractivity contribution in [3.05, 3.63) is 92.0 Å². The summed E-state index contributed by atoms with van der Waals surface area (Å²) < 4.78 is 17.2. The number of aryl methyl sites for hydroxylation is 6. The Morgan fingerprint density at radius 3 is 2.37 bits per heavy atom. The molecule has 3 aromatic heterocycles. The van der Waals surface area contributed by atoms with Gasteiger partial charge in [0.15, 0.2) is 0 Å². The first kappa shape index (κ1) is 35.5. The first-order chi connectivity index (χ1) is 24.7. The third-order valence-electron chi connectivity index (χ3n) is 10.3. The number of fused-ring (bicyclic) bond motifs is 4. The van der Waals surface area contributed by atoms with Gasteiger partial charge in [-0.2, -0.15) is 5.10 Å². The molecule has 2 N–H and O–H groups in total. The molecule has 0 spiro atoms. The van der Waals surface area contributed by atoms with Gasteiger partial charge in [-0.15, -0.1) is 0 Å². The highest BCUT2D eigenvalue weighted by atomic mass is 35.5. The molecule has 0 radical (unpaired) electrons. The number of methoxy groups -OCH3 is 1. The molecule has 12 heteroatoms. The second-order valence-corrected chi connectivity index (χ2v) is 14.6. The molecule has 1 aliphatic heterocycles. The van der Waals surface area contributed by atoms with Crippen LogP contribution in [0.3, 0.4) is 0 Å². The molecule has 1 amide bonds. The van der Waals surface area contributed by atoms with E-state index < -0.39 is 5.97 Å². The number of ether oxygens (including phenoxy) is 2. The lowest BCUT2D eigenvalue weighted by molar-refractivity contribution is 0.0602. The van der Waals surface area contributed by atoms with E-state index in [2.05, 4.69) is 11.5 Å². The maximum absolute atomic E-state index is 15.1. The third-order valence-corrected chi connectivity index (χ3v) is 11.2. The minimum absolute atomic E-state index is 0.161. The summed E-state index contributed by atoms with van der Waals surface area (Å²) in [4.78, 5) is 29.7. The Hall–Kier alpha value is -4.93. The van der Waals surface area contributed by atoms with Gasteiger partial charge in [0.2, 0.25) is 0 Å². The van der Waals surface area contributed by atoms with Crippen molar-refractivity contribution in [2.75, 3.05) is 30.9 Å². The van der Waals surface area contributed by atoms with E-state index in [4.69, 9.17) is 43.5 Å². The second kappa shape index (κ2) is 13.2. The molecular formula is C40H42Cl2N6O4. The van der Waals surface area contributed by atoms with Gasteiger partial charge in [0.05, 0.1) is 46.7 Å². The highest BCUT2D eigenvalue weighted by Gasteiger charge is 2.38. The molecule has 52 heavy (non-hydrogen) atoms. The summed E-state index contributed by atoms with van der Waals surface area (Å²) in [6.07, 6.45) is 2.95. The van der Waals surface area contributed by atoms with Crippen LogP contribution in [-0.4, -0.2) is 51.1 Å². The number of nitrogens with two attached hydrogens (primary N) is 1. The van der Waals surface area contributed by atoms with E-state index in [1.54, 1.807) is 23.2 Å². The van der Waals surface area contributed by atoms with E-state index in [1.165, 1.54) is 7.11 Å². The Morgan fingerprint density at radius 2 is 1.71 bits per heavy atom. The van der Waals surface area contributed by atoms with Crippen molar-refractivity contribution in [1.82, 2.24) is 18.9 Å². The average molecular weight is 742 g/mol. The number of hydrogen-bond acceptors (Lipinski definition) is 6. The van der Waals surface area contributed by atoms with Crippen molar-refractivity contribution in [1.29, 1.82) is 0 Å². The Kier molecular flexibility index (Phi) is 9.03. The molecule has 0 saturated heterocycles.